The predicted molar refractivity (Wildman–Crippen MR) is 115 cm³/mol. The van der Waals surface area contributed by atoms with Crippen molar-refractivity contribution in [2.45, 2.75) is 82.0 Å². The molecule has 0 fully saturated rings. The number of para-hydroxylation sites is 1. The number of hydrogen-bond donors (Lipinski definition) is 2. The Morgan fingerprint density at radius 3 is 2.48 bits per heavy atom. The van der Waals surface area contributed by atoms with Crippen LogP contribution in [-0.2, 0) is 4.79 Å². The topological polar surface area (TPSA) is 62.5 Å². The van der Waals surface area contributed by atoms with E-state index in [9.17, 15) is 15.0 Å². The number of hydrogen-bond acceptors (Lipinski definition) is 2. The Kier molecular flexibility index (Phi) is 9.19. The minimum absolute atomic E-state index is 0.0528. The van der Waals surface area contributed by atoms with E-state index < -0.39 is 5.97 Å². The van der Waals surface area contributed by atoms with E-state index in [4.69, 9.17) is 0 Å². The first kappa shape index (κ1) is 21.8. The van der Waals surface area contributed by atoms with Crippen molar-refractivity contribution in [3.05, 3.63) is 30.5 Å². The molecule has 2 rings (SSSR count). The Morgan fingerprint density at radius 1 is 1.11 bits per heavy atom. The van der Waals surface area contributed by atoms with Crippen LogP contribution < -0.4 is 0 Å². The van der Waals surface area contributed by atoms with Crippen molar-refractivity contribution in [1.29, 1.82) is 0 Å². The van der Waals surface area contributed by atoms with Gasteiger partial charge in [-0.1, -0.05) is 79.9 Å². The number of carbonyl (C=O) groups is 1. The summed E-state index contributed by atoms with van der Waals surface area (Å²) < 4.78 is 1.93. The maximum atomic E-state index is 11.4. The molecular formula is C22H32BrNO3. The number of fused-ring (bicyclic) bond motifs is 1. The molecule has 0 aliphatic carbocycles. The largest absolute Gasteiger partial charge is 0.506 e. The molecule has 27 heavy (non-hydrogen) atoms. The number of alkyl halides is 1. The second-order valence-electron chi connectivity index (χ2n) is 7.43. The number of carboxylic acid groups (broad SMARTS) is 1. The summed E-state index contributed by atoms with van der Waals surface area (Å²) in [5, 5.41) is 20.3. The van der Waals surface area contributed by atoms with Gasteiger partial charge in [0, 0.05) is 22.5 Å². The molecule has 0 radical (unpaired) electrons. The van der Waals surface area contributed by atoms with Crippen LogP contribution in [0.5, 0.6) is 5.75 Å². The summed E-state index contributed by atoms with van der Waals surface area (Å²) in [6.45, 7) is 2.23. The molecule has 4 nitrogen and oxygen atoms in total. The van der Waals surface area contributed by atoms with Gasteiger partial charge in [-0.25, -0.2) is 0 Å². The summed E-state index contributed by atoms with van der Waals surface area (Å²) in [5.74, 6) is -0.605. The van der Waals surface area contributed by atoms with Crippen LogP contribution >= 0.6 is 15.9 Å². The van der Waals surface area contributed by atoms with Gasteiger partial charge in [-0.05, 0) is 25.0 Å². The SMILES string of the molecule is CCCCCCCCCC(Br)CC(CC(=O)O)n1cc(O)c2ccccc21. The summed E-state index contributed by atoms with van der Waals surface area (Å²) in [4.78, 5) is 11.7. The quantitative estimate of drug-likeness (QED) is 0.272. The van der Waals surface area contributed by atoms with Gasteiger partial charge < -0.3 is 14.8 Å². The lowest BCUT2D eigenvalue weighted by Crippen LogP contribution is -2.17. The van der Waals surface area contributed by atoms with Crippen LogP contribution in [-0.4, -0.2) is 25.6 Å². The van der Waals surface area contributed by atoms with Crippen LogP contribution in [0.1, 0.15) is 77.2 Å². The Morgan fingerprint density at radius 2 is 1.78 bits per heavy atom. The van der Waals surface area contributed by atoms with Crippen LogP contribution in [0.4, 0.5) is 0 Å². The smallest absolute Gasteiger partial charge is 0.305 e. The third-order valence-corrected chi connectivity index (χ3v) is 6.00. The summed E-state index contributed by atoms with van der Waals surface area (Å²) >= 11 is 3.76. The summed E-state index contributed by atoms with van der Waals surface area (Å²) in [5.41, 5.74) is 0.886. The standard InChI is InChI=1S/C22H32BrNO3/c1-2-3-4-5-6-7-8-11-17(23)14-18(15-22(26)27)24-16-21(25)19-12-9-10-13-20(19)24/h9-10,12-13,16-18,25H,2-8,11,14-15H2,1H3,(H,26,27). The number of halogens is 1. The van der Waals surface area contributed by atoms with Crippen molar-refractivity contribution in [1.82, 2.24) is 4.57 Å². The number of aromatic hydroxyl groups is 1. The van der Waals surface area contributed by atoms with E-state index in [1.165, 1.54) is 44.9 Å². The molecule has 2 aromatic rings. The molecule has 1 heterocycles. The van der Waals surface area contributed by atoms with E-state index in [0.29, 0.717) is 0 Å². The van der Waals surface area contributed by atoms with Crippen molar-refractivity contribution in [2.24, 2.45) is 0 Å². The summed E-state index contributed by atoms with van der Waals surface area (Å²) in [6.07, 6.45) is 12.5. The number of aromatic nitrogens is 1. The van der Waals surface area contributed by atoms with Crippen molar-refractivity contribution in [2.75, 3.05) is 0 Å². The Bertz CT molecular complexity index is 713. The van der Waals surface area contributed by atoms with Crippen LogP contribution in [0, 0.1) is 0 Å². The average Bonchev–Trinajstić information content (AvgIpc) is 2.97. The highest BCUT2D eigenvalue weighted by atomic mass is 79.9. The molecule has 0 aliphatic rings. The first-order valence-corrected chi connectivity index (χ1v) is 11.1. The van der Waals surface area contributed by atoms with E-state index >= 15 is 0 Å². The minimum Gasteiger partial charge on any atom is -0.506 e. The third kappa shape index (κ3) is 6.87. The molecule has 1 aromatic carbocycles. The summed E-state index contributed by atoms with van der Waals surface area (Å²) in [6, 6.07) is 7.42. The highest BCUT2D eigenvalue weighted by molar-refractivity contribution is 9.09. The fraction of sp³-hybridized carbons (Fsp3) is 0.591. The zero-order valence-electron chi connectivity index (χ0n) is 16.2. The lowest BCUT2D eigenvalue weighted by molar-refractivity contribution is -0.137. The molecule has 5 heteroatoms. The van der Waals surface area contributed by atoms with E-state index in [2.05, 4.69) is 22.9 Å². The second-order valence-corrected chi connectivity index (χ2v) is 8.73. The van der Waals surface area contributed by atoms with Gasteiger partial charge in [-0.3, -0.25) is 4.79 Å². The van der Waals surface area contributed by atoms with Crippen molar-refractivity contribution >= 4 is 32.8 Å². The molecule has 0 bridgehead atoms. The zero-order valence-corrected chi connectivity index (χ0v) is 17.8. The molecule has 150 valence electrons. The number of aliphatic carboxylic acids is 1. The fourth-order valence-electron chi connectivity index (χ4n) is 3.72. The van der Waals surface area contributed by atoms with Crippen LogP contribution in [0.15, 0.2) is 30.5 Å². The van der Waals surface area contributed by atoms with Gasteiger partial charge in [0.2, 0.25) is 0 Å². The number of nitrogens with zero attached hydrogens (tertiary/aromatic N) is 1. The highest BCUT2D eigenvalue weighted by Crippen LogP contribution is 2.34. The van der Waals surface area contributed by atoms with Crippen LogP contribution in [0.25, 0.3) is 10.9 Å². The first-order chi connectivity index (χ1) is 13.0. The lowest BCUT2D eigenvalue weighted by Gasteiger charge is -2.21. The Balaban J connectivity index is 1.93. The van der Waals surface area contributed by atoms with Crippen molar-refractivity contribution in [3.8, 4) is 5.75 Å². The number of unbranched alkanes of at least 4 members (excludes halogenated alkanes) is 6. The monoisotopic (exact) mass is 437 g/mol. The number of carboxylic acids is 1. The van der Waals surface area contributed by atoms with E-state index in [-0.39, 0.29) is 23.0 Å². The van der Waals surface area contributed by atoms with Gasteiger partial charge in [0.25, 0.3) is 0 Å². The van der Waals surface area contributed by atoms with Gasteiger partial charge >= 0.3 is 5.97 Å². The van der Waals surface area contributed by atoms with Gasteiger partial charge in [-0.15, -0.1) is 0 Å². The fourth-order valence-corrected chi connectivity index (χ4v) is 4.48. The second kappa shape index (κ2) is 11.4. The van der Waals surface area contributed by atoms with E-state index in [1.807, 2.05) is 28.8 Å². The van der Waals surface area contributed by atoms with Crippen molar-refractivity contribution in [3.63, 3.8) is 0 Å². The van der Waals surface area contributed by atoms with E-state index in [1.54, 1.807) is 6.20 Å². The molecule has 0 amide bonds. The summed E-state index contributed by atoms with van der Waals surface area (Å²) in [7, 11) is 0. The maximum Gasteiger partial charge on any atom is 0.305 e. The van der Waals surface area contributed by atoms with Crippen LogP contribution in [0.3, 0.4) is 0 Å². The molecule has 2 atom stereocenters. The minimum atomic E-state index is -0.812. The first-order valence-electron chi connectivity index (χ1n) is 10.2. The Hall–Kier alpha value is -1.49. The molecular weight excluding hydrogens is 406 g/mol. The van der Waals surface area contributed by atoms with Crippen LogP contribution in [0.2, 0.25) is 0 Å². The normalized spacial score (nSPS) is 13.7. The molecule has 2 unspecified atom stereocenters. The van der Waals surface area contributed by atoms with Gasteiger partial charge in [0.15, 0.2) is 0 Å². The maximum absolute atomic E-state index is 11.4. The molecule has 0 spiro atoms. The van der Waals surface area contributed by atoms with E-state index in [0.717, 1.165) is 23.7 Å². The number of benzene rings is 1. The lowest BCUT2D eigenvalue weighted by atomic mass is 10.0. The average molecular weight is 438 g/mol. The molecule has 0 saturated carbocycles. The van der Waals surface area contributed by atoms with Gasteiger partial charge in [0.05, 0.1) is 11.9 Å². The zero-order chi connectivity index (χ0) is 19.6. The number of rotatable bonds is 13. The molecule has 0 aliphatic heterocycles. The highest BCUT2D eigenvalue weighted by Gasteiger charge is 2.22. The predicted octanol–water partition coefficient (Wildman–Crippen LogP) is 6.66. The van der Waals surface area contributed by atoms with Gasteiger partial charge in [-0.2, -0.15) is 0 Å². The van der Waals surface area contributed by atoms with Gasteiger partial charge in [0.1, 0.15) is 5.75 Å². The molecule has 1 aromatic heterocycles. The molecule has 0 saturated heterocycles. The third-order valence-electron chi connectivity index (χ3n) is 5.17. The van der Waals surface area contributed by atoms with Crippen molar-refractivity contribution < 1.29 is 15.0 Å². The molecule has 2 N–H and O–H groups in total. The Labute approximate surface area is 170 Å².